The number of nitrogens with zero attached hydrogens (tertiary/aromatic N) is 1. The van der Waals surface area contributed by atoms with Crippen LogP contribution in [0, 0.1) is 11.8 Å². The molecule has 0 radical (unpaired) electrons. The number of hydrogen-bond donors (Lipinski definition) is 2. The molecule has 1 aliphatic rings. The van der Waals surface area contributed by atoms with Gasteiger partial charge in [-0.15, -0.1) is 0 Å². The summed E-state index contributed by atoms with van der Waals surface area (Å²) in [6.45, 7) is 8.55. The van der Waals surface area contributed by atoms with Gasteiger partial charge in [0, 0.05) is 43.9 Å². The van der Waals surface area contributed by atoms with Gasteiger partial charge in [-0.05, 0) is 36.5 Å². The second-order valence-electron chi connectivity index (χ2n) is 6.82. The molecular weight excluding hydrogens is 306 g/mol. The fourth-order valence-corrected chi connectivity index (χ4v) is 3.31. The summed E-state index contributed by atoms with van der Waals surface area (Å²) in [5.41, 5.74) is 1.46. The number of nitrogens with one attached hydrogen (secondary N) is 2. The number of amides is 3. The number of benzene rings is 1. The maximum Gasteiger partial charge on any atom is 0.254 e. The van der Waals surface area contributed by atoms with Crippen LogP contribution < -0.4 is 10.6 Å². The van der Waals surface area contributed by atoms with Gasteiger partial charge in [-0.1, -0.05) is 13.8 Å². The molecule has 130 valence electrons. The quantitative estimate of drug-likeness (QED) is 0.894. The fraction of sp³-hybridized carbons (Fsp3) is 0.500. The van der Waals surface area contributed by atoms with Crippen LogP contribution in [0.25, 0.3) is 0 Å². The van der Waals surface area contributed by atoms with Crippen LogP contribution in [0.1, 0.15) is 44.5 Å². The number of piperidine rings is 1. The molecule has 0 unspecified atom stereocenters. The van der Waals surface area contributed by atoms with E-state index in [1.54, 1.807) is 18.2 Å². The van der Waals surface area contributed by atoms with Crippen LogP contribution in [0.2, 0.25) is 0 Å². The zero-order valence-corrected chi connectivity index (χ0v) is 14.7. The summed E-state index contributed by atoms with van der Waals surface area (Å²) in [4.78, 5) is 37.4. The molecule has 0 aliphatic carbocycles. The Morgan fingerprint density at radius 2 is 1.38 bits per heavy atom. The highest BCUT2D eigenvalue weighted by Crippen LogP contribution is 2.25. The Hall–Kier alpha value is -2.37. The minimum Gasteiger partial charge on any atom is -0.338 e. The van der Waals surface area contributed by atoms with Crippen molar-refractivity contribution in [1.29, 1.82) is 0 Å². The van der Waals surface area contributed by atoms with Gasteiger partial charge < -0.3 is 15.5 Å². The number of anilines is 2. The second-order valence-corrected chi connectivity index (χ2v) is 6.82. The van der Waals surface area contributed by atoms with Crippen LogP contribution in [0.15, 0.2) is 18.2 Å². The first-order valence-electron chi connectivity index (χ1n) is 8.24. The molecule has 0 saturated carbocycles. The van der Waals surface area contributed by atoms with Crippen molar-refractivity contribution in [3.8, 4) is 0 Å². The van der Waals surface area contributed by atoms with Crippen LogP contribution in [0.4, 0.5) is 11.4 Å². The summed E-state index contributed by atoms with van der Waals surface area (Å²) < 4.78 is 0. The summed E-state index contributed by atoms with van der Waals surface area (Å²) in [5.74, 6) is 0.395. The van der Waals surface area contributed by atoms with Gasteiger partial charge >= 0.3 is 0 Å². The van der Waals surface area contributed by atoms with E-state index in [1.165, 1.54) is 13.8 Å². The van der Waals surface area contributed by atoms with Gasteiger partial charge in [0.05, 0.1) is 0 Å². The molecule has 2 atom stereocenters. The molecule has 1 aromatic rings. The standard InChI is InChI=1S/C18H25N3O3/c1-11-5-12(2)10-21(9-11)18(24)15-6-16(19-13(3)22)8-17(7-15)20-14(4)23/h6-8,11-12H,5,9-10H2,1-4H3,(H,19,22)(H,20,23)/t11-,12-/m1/s1. The zero-order chi connectivity index (χ0) is 17.9. The average molecular weight is 331 g/mol. The molecule has 2 N–H and O–H groups in total. The minimum absolute atomic E-state index is 0.0767. The minimum atomic E-state index is -0.228. The molecule has 0 spiro atoms. The Morgan fingerprint density at radius 3 is 1.79 bits per heavy atom. The lowest BCUT2D eigenvalue weighted by molar-refractivity contribution is -0.115. The van der Waals surface area contributed by atoms with Crippen molar-refractivity contribution in [2.45, 2.75) is 34.1 Å². The van der Waals surface area contributed by atoms with Gasteiger partial charge in [-0.2, -0.15) is 0 Å². The summed E-state index contributed by atoms with van der Waals surface area (Å²) in [7, 11) is 0. The molecule has 1 aliphatic heterocycles. The molecule has 2 rings (SSSR count). The van der Waals surface area contributed by atoms with Gasteiger partial charge in [-0.25, -0.2) is 0 Å². The van der Waals surface area contributed by atoms with Crippen molar-refractivity contribution in [2.24, 2.45) is 11.8 Å². The predicted octanol–water partition coefficient (Wildman–Crippen LogP) is 2.72. The van der Waals surface area contributed by atoms with Crippen molar-refractivity contribution < 1.29 is 14.4 Å². The Labute approximate surface area is 142 Å². The van der Waals surface area contributed by atoms with Gasteiger partial charge in [0.2, 0.25) is 11.8 Å². The first-order chi connectivity index (χ1) is 11.2. The Kier molecular flexibility index (Phi) is 5.59. The molecule has 6 nitrogen and oxygen atoms in total. The van der Waals surface area contributed by atoms with Gasteiger partial charge in [0.1, 0.15) is 0 Å². The summed E-state index contributed by atoms with van der Waals surface area (Å²) in [5, 5.41) is 5.35. The topological polar surface area (TPSA) is 78.5 Å². The van der Waals surface area contributed by atoms with Crippen LogP contribution in [0.5, 0.6) is 0 Å². The third kappa shape index (κ3) is 4.81. The van der Waals surface area contributed by atoms with E-state index in [1.807, 2.05) is 4.90 Å². The van der Waals surface area contributed by atoms with E-state index >= 15 is 0 Å². The summed E-state index contributed by atoms with van der Waals surface area (Å²) in [6.07, 6.45) is 1.12. The van der Waals surface area contributed by atoms with Gasteiger partial charge in [-0.3, -0.25) is 14.4 Å². The lowest BCUT2D eigenvalue weighted by Crippen LogP contribution is -2.42. The van der Waals surface area contributed by atoms with Crippen LogP contribution in [0.3, 0.4) is 0 Å². The third-order valence-electron chi connectivity index (χ3n) is 3.98. The first kappa shape index (κ1) is 18.0. The van der Waals surface area contributed by atoms with E-state index in [9.17, 15) is 14.4 Å². The molecule has 6 heteroatoms. The first-order valence-corrected chi connectivity index (χ1v) is 8.24. The predicted molar refractivity (Wildman–Crippen MR) is 93.9 cm³/mol. The smallest absolute Gasteiger partial charge is 0.254 e. The van der Waals surface area contributed by atoms with Crippen molar-refractivity contribution in [3.05, 3.63) is 23.8 Å². The van der Waals surface area contributed by atoms with E-state index in [0.717, 1.165) is 19.5 Å². The number of carbonyl (C=O) groups excluding carboxylic acids is 3. The van der Waals surface area contributed by atoms with E-state index in [2.05, 4.69) is 24.5 Å². The molecule has 1 aromatic carbocycles. The zero-order valence-electron chi connectivity index (χ0n) is 14.7. The molecule has 1 heterocycles. The largest absolute Gasteiger partial charge is 0.338 e. The van der Waals surface area contributed by atoms with Crippen molar-refractivity contribution in [1.82, 2.24) is 4.90 Å². The Balaban J connectivity index is 2.30. The van der Waals surface area contributed by atoms with Crippen LogP contribution >= 0.6 is 0 Å². The van der Waals surface area contributed by atoms with Crippen molar-refractivity contribution in [2.75, 3.05) is 23.7 Å². The summed E-state index contributed by atoms with van der Waals surface area (Å²) >= 11 is 0. The van der Waals surface area contributed by atoms with E-state index in [0.29, 0.717) is 28.8 Å². The SMILES string of the molecule is CC(=O)Nc1cc(NC(C)=O)cc(C(=O)N2C[C@H](C)C[C@@H](C)C2)c1. The van der Waals surface area contributed by atoms with Crippen molar-refractivity contribution in [3.63, 3.8) is 0 Å². The van der Waals surface area contributed by atoms with Crippen LogP contribution in [-0.4, -0.2) is 35.7 Å². The van der Waals surface area contributed by atoms with Gasteiger partial charge in [0.15, 0.2) is 0 Å². The van der Waals surface area contributed by atoms with Gasteiger partial charge in [0.25, 0.3) is 5.91 Å². The Morgan fingerprint density at radius 1 is 0.917 bits per heavy atom. The van der Waals surface area contributed by atoms with E-state index in [4.69, 9.17) is 0 Å². The highest BCUT2D eigenvalue weighted by molar-refractivity contribution is 6.00. The molecule has 1 fully saturated rings. The van der Waals surface area contributed by atoms with Crippen LogP contribution in [-0.2, 0) is 9.59 Å². The maximum atomic E-state index is 12.9. The number of rotatable bonds is 3. The number of hydrogen-bond acceptors (Lipinski definition) is 3. The lowest BCUT2D eigenvalue weighted by atomic mass is 9.91. The molecule has 0 aromatic heterocycles. The average Bonchev–Trinajstić information content (AvgIpc) is 2.43. The molecule has 24 heavy (non-hydrogen) atoms. The molecule has 3 amide bonds. The van der Waals surface area contributed by atoms with E-state index in [-0.39, 0.29) is 17.7 Å². The second kappa shape index (κ2) is 7.47. The van der Waals surface area contributed by atoms with Crippen molar-refractivity contribution >= 4 is 29.1 Å². The molecule has 1 saturated heterocycles. The highest BCUT2D eigenvalue weighted by Gasteiger charge is 2.26. The summed E-state index contributed by atoms with van der Waals surface area (Å²) in [6, 6.07) is 4.94. The lowest BCUT2D eigenvalue weighted by Gasteiger charge is -2.35. The fourth-order valence-electron chi connectivity index (χ4n) is 3.31. The Bertz CT molecular complexity index is 613. The number of carbonyl (C=O) groups is 3. The molecular formula is C18H25N3O3. The third-order valence-corrected chi connectivity index (χ3v) is 3.98. The monoisotopic (exact) mass is 331 g/mol. The maximum absolute atomic E-state index is 12.9. The van der Waals surface area contributed by atoms with E-state index < -0.39 is 0 Å². The molecule has 0 bridgehead atoms. The highest BCUT2D eigenvalue weighted by atomic mass is 16.2. The normalized spacial score (nSPS) is 20.4. The number of likely N-dealkylation sites (tertiary alicyclic amines) is 1.